The van der Waals surface area contributed by atoms with Crippen LogP contribution in [0.1, 0.15) is 39.0 Å². The van der Waals surface area contributed by atoms with Crippen LogP contribution in [0.25, 0.3) is 0 Å². The smallest absolute Gasteiger partial charge is 0.239 e. The van der Waals surface area contributed by atoms with E-state index < -0.39 is 0 Å². The van der Waals surface area contributed by atoms with Crippen LogP contribution in [0.15, 0.2) is 0 Å². The first kappa shape index (κ1) is 10.9. The Bertz CT molecular complexity index is 224. The molecule has 86 valence electrons. The third-order valence-corrected chi connectivity index (χ3v) is 3.69. The summed E-state index contributed by atoms with van der Waals surface area (Å²) in [6.45, 7) is 4.92. The van der Waals surface area contributed by atoms with Crippen molar-refractivity contribution in [3.05, 3.63) is 0 Å². The van der Waals surface area contributed by atoms with Gasteiger partial charge in [-0.1, -0.05) is 12.8 Å². The van der Waals surface area contributed by atoms with Crippen LogP contribution >= 0.6 is 0 Å². The van der Waals surface area contributed by atoms with Gasteiger partial charge in [-0.3, -0.25) is 4.79 Å². The minimum atomic E-state index is 0.0221. The van der Waals surface area contributed by atoms with E-state index in [0.29, 0.717) is 5.91 Å². The Morgan fingerprint density at radius 2 is 2.07 bits per heavy atom. The summed E-state index contributed by atoms with van der Waals surface area (Å²) in [4.78, 5) is 14.1. The average Bonchev–Trinajstić information content (AvgIpc) is 2.68. The Hall–Kier alpha value is -0.570. The quantitative estimate of drug-likeness (QED) is 0.747. The first-order chi connectivity index (χ1) is 7.27. The Kier molecular flexibility index (Phi) is 3.62. The monoisotopic (exact) mass is 210 g/mol. The number of nitrogens with zero attached hydrogens (tertiary/aromatic N) is 1. The number of carbonyl (C=O) groups is 1. The maximum absolute atomic E-state index is 12.0. The predicted molar refractivity (Wildman–Crippen MR) is 60.6 cm³/mol. The second-order valence-electron chi connectivity index (χ2n) is 4.96. The van der Waals surface area contributed by atoms with Crippen molar-refractivity contribution in [2.24, 2.45) is 5.92 Å². The summed E-state index contributed by atoms with van der Waals surface area (Å²) in [5.74, 6) is 1.08. The molecule has 1 amide bonds. The normalized spacial score (nSPS) is 29.5. The number of nitrogens with one attached hydrogen (secondary N) is 1. The highest BCUT2D eigenvalue weighted by molar-refractivity contribution is 5.81. The van der Waals surface area contributed by atoms with Crippen LogP contribution in [0, 0.1) is 5.92 Å². The van der Waals surface area contributed by atoms with Gasteiger partial charge >= 0.3 is 0 Å². The molecule has 3 nitrogen and oxygen atoms in total. The lowest BCUT2D eigenvalue weighted by atomic mass is 10.1. The molecule has 0 spiro atoms. The predicted octanol–water partition coefficient (Wildman–Crippen LogP) is 1.39. The maximum Gasteiger partial charge on any atom is 0.239 e. The van der Waals surface area contributed by atoms with Crippen molar-refractivity contribution in [1.29, 1.82) is 0 Å². The highest BCUT2D eigenvalue weighted by Gasteiger charge is 2.26. The Balaban J connectivity index is 1.90. The molecule has 3 heteroatoms. The summed E-state index contributed by atoms with van der Waals surface area (Å²) >= 11 is 0. The number of rotatable bonds is 2. The summed E-state index contributed by atoms with van der Waals surface area (Å²) in [6.07, 6.45) is 6.47. The fourth-order valence-electron chi connectivity index (χ4n) is 2.75. The molecule has 0 aromatic rings. The van der Waals surface area contributed by atoms with Gasteiger partial charge in [-0.15, -0.1) is 0 Å². The third-order valence-electron chi connectivity index (χ3n) is 3.69. The largest absolute Gasteiger partial charge is 0.341 e. The zero-order valence-corrected chi connectivity index (χ0v) is 9.67. The zero-order chi connectivity index (χ0) is 10.7. The number of hydrogen-bond donors (Lipinski definition) is 1. The van der Waals surface area contributed by atoms with Crippen LogP contribution in [0.4, 0.5) is 0 Å². The van der Waals surface area contributed by atoms with E-state index in [-0.39, 0.29) is 6.04 Å². The first-order valence-electron chi connectivity index (χ1n) is 6.29. The lowest BCUT2D eigenvalue weighted by Crippen LogP contribution is -2.43. The van der Waals surface area contributed by atoms with Crippen LogP contribution in [0.2, 0.25) is 0 Å². The molecule has 15 heavy (non-hydrogen) atoms. The van der Waals surface area contributed by atoms with Crippen molar-refractivity contribution in [2.45, 2.75) is 45.1 Å². The van der Waals surface area contributed by atoms with Crippen molar-refractivity contribution in [1.82, 2.24) is 10.2 Å². The summed E-state index contributed by atoms with van der Waals surface area (Å²) < 4.78 is 0. The van der Waals surface area contributed by atoms with Crippen LogP contribution < -0.4 is 5.32 Å². The van der Waals surface area contributed by atoms with E-state index in [0.717, 1.165) is 32.0 Å². The zero-order valence-electron chi connectivity index (χ0n) is 9.67. The Morgan fingerprint density at radius 3 is 2.80 bits per heavy atom. The van der Waals surface area contributed by atoms with Crippen molar-refractivity contribution >= 4 is 5.91 Å². The number of carbonyl (C=O) groups excluding carboxylic acids is 1. The topological polar surface area (TPSA) is 32.3 Å². The fraction of sp³-hybridized carbons (Fsp3) is 0.917. The van der Waals surface area contributed by atoms with Gasteiger partial charge in [-0.2, -0.15) is 0 Å². The van der Waals surface area contributed by atoms with Crippen LogP contribution in [-0.2, 0) is 4.79 Å². The number of hydrogen-bond acceptors (Lipinski definition) is 2. The van der Waals surface area contributed by atoms with Crippen molar-refractivity contribution in [3.8, 4) is 0 Å². The van der Waals surface area contributed by atoms with E-state index in [9.17, 15) is 4.79 Å². The first-order valence-corrected chi connectivity index (χ1v) is 6.29. The standard InChI is InChI=1S/C12H22N2O/c1-10-12(15)14(8-4-7-13-10)9-11-5-2-3-6-11/h10-11,13H,2-9H2,1H3. The summed E-state index contributed by atoms with van der Waals surface area (Å²) in [6, 6.07) is 0.0221. The molecular weight excluding hydrogens is 188 g/mol. The molecule has 0 radical (unpaired) electrons. The molecule has 0 bridgehead atoms. The average molecular weight is 210 g/mol. The molecule has 2 aliphatic rings. The van der Waals surface area contributed by atoms with E-state index in [4.69, 9.17) is 0 Å². The molecule has 1 unspecified atom stereocenters. The van der Waals surface area contributed by atoms with E-state index in [1.54, 1.807) is 0 Å². The molecule has 1 saturated carbocycles. The molecule has 1 saturated heterocycles. The van der Waals surface area contributed by atoms with Gasteiger partial charge in [0.15, 0.2) is 0 Å². The molecule has 2 fully saturated rings. The van der Waals surface area contributed by atoms with E-state index in [1.807, 2.05) is 6.92 Å². The molecule has 0 aromatic heterocycles. The van der Waals surface area contributed by atoms with Gasteiger partial charge < -0.3 is 10.2 Å². The van der Waals surface area contributed by atoms with Crippen LogP contribution in [0.5, 0.6) is 0 Å². The van der Waals surface area contributed by atoms with Gasteiger partial charge in [0.2, 0.25) is 5.91 Å². The van der Waals surface area contributed by atoms with E-state index in [1.165, 1.54) is 25.7 Å². The van der Waals surface area contributed by atoms with Gasteiger partial charge in [0, 0.05) is 13.1 Å². The Morgan fingerprint density at radius 1 is 1.33 bits per heavy atom. The van der Waals surface area contributed by atoms with Gasteiger partial charge in [-0.25, -0.2) is 0 Å². The number of amides is 1. The maximum atomic E-state index is 12.0. The highest BCUT2D eigenvalue weighted by Crippen LogP contribution is 2.25. The van der Waals surface area contributed by atoms with Gasteiger partial charge in [0.05, 0.1) is 6.04 Å². The molecule has 1 heterocycles. The minimum Gasteiger partial charge on any atom is -0.341 e. The van der Waals surface area contributed by atoms with Gasteiger partial charge in [0.1, 0.15) is 0 Å². The van der Waals surface area contributed by atoms with E-state index >= 15 is 0 Å². The van der Waals surface area contributed by atoms with Crippen molar-refractivity contribution in [2.75, 3.05) is 19.6 Å². The molecule has 1 N–H and O–H groups in total. The van der Waals surface area contributed by atoms with Crippen LogP contribution in [0.3, 0.4) is 0 Å². The molecule has 1 aliphatic heterocycles. The third kappa shape index (κ3) is 2.71. The fourth-order valence-corrected chi connectivity index (χ4v) is 2.75. The highest BCUT2D eigenvalue weighted by atomic mass is 16.2. The Labute approximate surface area is 92.2 Å². The van der Waals surface area contributed by atoms with Gasteiger partial charge in [0.25, 0.3) is 0 Å². The molecular formula is C12H22N2O. The van der Waals surface area contributed by atoms with Crippen LogP contribution in [-0.4, -0.2) is 36.5 Å². The molecule has 2 rings (SSSR count). The molecule has 0 aromatic carbocycles. The summed E-state index contributed by atoms with van der Waals surface area (Å²) in [5, 5.41) is 3.26. The molecule has 1 atom stereocenters. The lowest BCUT2D eigenvalue weighted by molar-refractivity contribution is -0.132. The second kappa shape index (κ2) is 4.97. The van der Waals surface area contributed by atoms with Crippen molar-refractivity contribution in [3.63, 3.8) is 0 Å². The van der Waals surface area contributed by atoms with Crippen molar-refractivity contribution < 1.29 is 4.79 Å². The molecule has 1 aliphatic carbocycles. The van der Waals surface area contributed by atoms with Gasteiger partial charge in [-0.05, 0) is 38.6 Å². The second-order valence-corrected chi connectivity index (χ2v) is 4.96. The van der Waals surface area contributed by atoms with E-state index in [2.05, 4.69) is 10.2 Å². The lowest BCUT2D eigenvalue weighted by Gasteiger charge is -2.25. The summed E-state index contributed by atoms with van der Waals surface area (Å²) in [7, 11) is 0. The SMILES string of the molecule is CC1NCCCN(CC2CCCC2)C1=O. The summed E-state index contributed by atoms with van der Waals surface area (Å²) in [5.41, 5.74) is 0. The minimum absolute atomic E-state index is 0.0221.